The molecule has 7 heteroatoms. The number of nitrogens with zero attached hydrogens (tertiary/aromatic N) is 1. The zero-order chi connectivity index (χ0) is 16.1. The van der Waals surface area contributed by atoms with E-state index in [1.54, 1.807) is 19.2 Å². The molecule has 122 valence electrons. The Kier molecular flexibility index (Phi) is 5.22. The van der Waals surface area contributed by atoms with Gasteiger partial charge in [0.1, 0.15) is 10.8 Å². The number of hydrogen-bond acceptors (Lipinski definition) is 7. The Morgan fingerprint density at radius 2 is 2.22 bits per heavy atom. The molecule has 23 heavy (non-hydrogen) atoms. The van der Waals surface area contributed by atoms with Crippen LogP contribution in [0.25, 0.3) is 10.6 Å². The van der Waals surface area contributed by atoms with Crippen LogP contribution < -0.4 is 4.74 Å². The van der Waals surface area contributed by atoms with E-state index in [1.807, 2.05) is 17.5 Å². The molecule has 0 unspecified atom stereocenters. The number of carbonyl (C=O) groups excluding carboxylic acids is 1. The first-order valence-corrected chi connectivity index (χ1v) is 8.22. The van der Waals surface area contributed by atoms with E-state index in [4.69, 9.17) is 18.9 Å². The zero-order valence-electron chi connectivity index (χ0n) is 12.7. The number of ether oxygens (including phenoxy) is 4. The normalized spacial score (nSPS) is 14.8. The van der Waals surface area contributed by atoms with Gasteiger partial charge in [-0.05, 0) is 13.0 Å². The average Bonchev–Trinajstić information content (AvgIpc) is 3.26. The molecular formula is C16H17NO5S. The zero-order valence-corrected chi connectivity index (χ0v) is 13.5. The van der Waals surface area contributed by atoms with E-state index in [2.05, 4.69) is 4.98 Å². The quantitative estimate of drug-likeness (QED) is 0.756. The minimum absolute atomic E-state index is 0.158. The monoisotopic (exact) mass is 335 g/mol. The average molecular weight is 335 g/mol. The maximum Gasteiger partial charge on any atom is 0.344 e. The first-order valence-electron chi connectivity index (χ1n) is 7.34. The number of rotatable bonds is 6. The Morgan fingerprint density at radius 3 is 2.91 bits per heavy atom. The van der Waals surface area contributed by atoms with Gasteiger partial charge in [-0.15, -0.1) is 11.3 Å². The number of aromatic nitrogens is 1. The van der Waals surface area contributed by atoms with Crippen molar-refractivity contribution in [2.24, 2.45) is 0 Å². The molecule has 0 saturated carbocycles. The van der Waals surface area contributed by atoms with Crippen LogP contribution in [0, 0.1) is 0 Å². The highest BCUT2D eigenvalue weighted by molar-refractivity contribution is 7.13. The van der Waals surface area contributed by atoms with Crippen molar-refractivity contribution in [3.8, 4) is 16.3 Å². The number of hydrogen-bond donors (Lipinski definition) is 0. The molecule has 2 heterocycles. The Balaban J connectivity index is 1.91. The second-order valence-electron chi connectivity index (χ2n) is 4.72. The number of benzene rings is 1. The predicted molar refractivity (Wildman–Crippen MR) is 84.3 cm³/mol. The standard InChI is InChI=1S/C16H17NO5S/c1-2-19-13(18)10-22-12-5-3-4-11(15-17-6-9-23-15)14(12)16-20-7-8-21-16/h3-6,9,16H,2,7-8,10H2,1H3. The molecule has 3 rings (SSSR count). The molecular weight excluding hydrogens is 318 g/mol. The van der Waals surface area contributed by atoms with Crippen molar-refractivity contribution in [3.63, 3.8) is 0 Å². The van der Waals surface area contributed by atoms with Crippen LogP contribution in [0.3, 0.4) is 0 Å². The summed E-state index contributed by atoms with van der Waals surface area (Å²) in [4.78, 5) is 15.9. The van der Waals surface area contributed by atoms with Gasteiger partial charge >= 0.3 is 5.97 Å². The summed E-state index contributed by atoms with van der Waals surface area (Å²) in [5.41, 5.74) is 1.64. The minimum atomic E-state index is -0.521. The molecule has 1 saturated heterocycles. The van der Waals surface area contributed by atoms with Crippen molar-refractivity contribution < 1.29 is 23.7 Å². The van der Waals surface area contributed by atoms with E-state index in [0.717, 1.165) is 16.1 Å². The maximum atomic E-state index is 11.5. The summed E-state index contributed by atoms with van der Waals surface area (Å²) in [6, 6.07) is 5.59. The first kappa shape index (κ1) is 15.9. The highest BCUT2D eigenvalue weighted by Crippen LogP contribution is 2.39. The van der Waals surface area contributed by atoms with Crippen LogP contribution in [-0.2, 0) is 19.0 Å². The summed E-state index contributed by atoms with van der Waals surface area (Å²) >= 11 is 1.52. The summed E-state index contributed by atoms with van der Waals surface area (Å²) in [5.74, 6) is 0.129. The van der Waals surface area contributed by atoms with Crippen LogP contribution in [0.15, 0.2) is 29.8 Å². The predicted octanol–water partition coefficient (Wildman–Crippen LogP) is 2.80. The fourth-order valence-electron chi connectivity index (χ4n) is 2.32. The molecule has 1 aromatic carbocycles. The summed E-state index contributed by atoms with van der Waals surface area (Å²) < 4.78 is 21.8. The summed E-state index contributed by atoms with van der Waals surface area (Å²) in [5, 5.41) is 2.75. The molecule has 6 nitrogen and oxygen atoms in total. The Morgan fingerprint density at radius 1 is 1.39 bits per heavy atom. The molecule has 2 aromatic rings. The molecule has 1 fully saturated rings. The Bertz CT molecular complexity index is 652. The molecule has 1 aromatic heterocycles. The van der Waals surface area contributed by atoms with Crippen LogP contribution in [0.2, 0.25) is 0 Å². The summed E-state index contributed by atoms with van der Waals surface area (Å²) in [6.45, 7) is 2.97. The lowest BCUT2D eigenvalue weighted by molar-refractivity contribution is -0.145. The van der Waals surface area contributed by atoms with E-state index in [9.17, 15) is 4.79 Å². The highest BCUT2D eigenvalue weighted by atomic mass is 32.1. The van der Waals surface area contributed by atoms with E-state index in [-0.39, 0.29) is 6.61 Å². The fourth-order valence-corrected chi connectivity index (χ4v) is 3.00. The van der Waals surface area contributed by atoms with Crippen molar-refractivity contribution in [1.82, 2.24) is 4.98 Å². The van der Waals surface area contributed by atoms with Crippen molar-refractivity contribution in [2.45, 2.75) is 13.2 Å². The Hall–Kier alpha value is -1.96. The number of esters is 1. The van der Waals surface area contributed by atoms with Crippen molar-refractivity contribution in [3.05, 3.63) is 35.3 Å². The van der Waals surface area contributed by atoms with Gasteiger partial charge in [-0.1, -0.05) is 12.1 Å². The Labute approximate surface area is 138 Å². The van der Waals surface area contributed by atoms with Gasteiger partial charge in [-0.2, -0.15) is 0 Å². The van der Waals surface area contributed by atoms with Gasteiger partial charge in [0.2, 0.25) is 0 Å². The van der Waals surface area contributed by atoms with Crippen LogP contribution in [0.1, 0.15) is 18.8 Å². The van der Waals surface area contributed by atoms with E-state index < -0.39 is 12.3 Å². The second-order valence-corrected chi connectivity index (χ2v) is 5.62. The van der Waals surface area contributed by atoms with E-state index in [0.29, 0.717) is 25.6 Å². The summed E-state index contributed by atoms with van der Waals surface area (Å²) in [6.07, 6.45) is 1.22. The highest BCUT2D eigenvalue weighted by Gasteiger charge is 2.27. The molecule has 1 aliphatic heterocycles. The lowest BCUT2D eigenvalue weighted by Crippen LogP contribution is -2.16. The third kappa shape index (κ3) is 3.69. The van der Waals surface area contributed by atoms with E-state index >= 15 is 0 Å². The van der Waals surface area contributed by atoms with Crippen LogP contribution in [0.4, 0.5) is 0 Å². The molecule has 0 bridgehead atoms. The van der Waals surface area contributed by atoms with Gasteiger partial charge in [-0.3, -0.25) is 0 Å². The molecule has 0 spiro atoms. The van der Waals surface area contributed by atoms with Crippen molar-refractivity contribution in [1.29, 1.82) is 0 Å². The molecule has 0 N–H and O–H groups in total. The third-order valence-corrected chi connectivity index (χ3v) is 4.04. The molecule has 0 atom stereocenters. The van der Waals surface area contributed by atoms with Crippen molar-refractivity contribution >= 4 is 17.3 Å². The van der Waals surface area contributed by atoms with Gasteiger partial charge in [0.15, 0.2) is 12.9 Å². The van der Waals surface area contributed by atoms with Gasteiger partial charge in [0.25, 0.3) is 0 Å². The smallest absolute Gasteiger partial charge is 0.344 e. The summed E-state index contributed by atoms with van der Waals surface area (Å²) in [7, 11) is 0. The molecule has 1 aliphatic rings. The van der Waals surface area contributed by atoms with Crippen LogP contribution in [-0.4, -0.2) is 37.4 Å². The molecule has 0 aliphatic carbocycles. The third-order valence-electron chi connectivity index (χ3n) is 3.24. The first-order chi connectivity index (χ1) is 11.3. The van der Waals surface area contributed by atoms with Gasteiger partial charge < -0.3 is 18.9 Å². The second kappa shape index (κ2) is 7.54. The topological polar surface area (TPSA) is 66.9 Å². The van der Waals surface area contributed by atoms with E-state index in [1.165, 1.54) is 11.3 Å². The lowest BCUT2D eigenvalue weighted by atomic mass is 10.1. The van der Waals surface area contributed by atoms with Gasteiger partial charge in [-0.25, -0.2) is 9.78 Å². The van der Waals surface area contributed by atoms with Gasteiger partial charge in [0.05, 0.1) is 25.4 Å². The van der Waals surface area contributed by atoms with Crippen LogP contribution >= 0.6 is 11.3 Å². The largest absolute Gasteiger partial charge is 0.481 e. The number of carbonyl (C=O) groups is 1. The van der Waals surface area contributed by atoms with Gasteiger partial charge in [0, 0.05) is 17.1 Å². The fraction of sp³-hybridized carbons (Fsp3) is 0.375. The lowest BCUT2D eigenvalue weighted by Gasteiger charge is -2.18. The maximum absolute atomic E-state index is 11.5. The minimum Gasteiger partial charge on any atom is -0.481 e. The SMILES string of the molecule is CCOC(=O)COc1cccc(-c2nccs2)c1C1OCCO1. The van der Waals surface area contributed by atoms with Crippen molar-refractivity contribution in [2.75, 3.05) is 26.4 Å². The number of thiazole rings is 1. The molecule has 0 amide bonds. The molecule has 0 radical (unpaired) electrons. The van der Waals surface area contributed by atoms with Crippen LogP contribution in [0.5, 0.6) is 5.75 Å².